The van der Waals surface area contributed by atoms with Crippen molar-refractivity contribution in [3.8, 4) is 0 Å². The molecular formula is C13H15F4N3O2S. The van der Waals surface area contributed by atoms with Gasteiger partial charge in [-0.1, -0.05) is 0 Å². The maximum Gasteiger partial charge on any atom is 0.418 e. The smallest absolute Gasteiger partial charge is 0.399 e. The first-order chi connectivity index (χ1) is 10.2. The molecule has 0 spiro atoms. The highest BCUT2D eigenvalue weighted by molar-refractivity contribution is 7.93. The van der Waals surface area contributed by atoms with Gasteiger partial charge in [0.25, 0.3) is 0 Å². The number of benzene rings is 1. The minimum absolute atomic E-state index is 0.152. The van der Waals surface area contributed by atoms with Crippen LogP contribution in [0, 0.1) is 5.82 Å². The number of nitrogen functional groups attached to an aromatic ring is 1. The van der Waals surface area contributed by atoms with E-state index in [9.17, 15) is 26.0 Å². The van der Waals surface area contributed by atoms with Crippen LogP contribution in [0.25, 0.3) is 0 Å². The third kappa shape index (κ3) is 2.44. The SMILES string of the molecule is CC1(C)C(N)=N[C@@](c2cc(N)ccc2F)(C(F)(F)F)CS1(=O)=O. The van der Waals surface area contributed by atoms with Gasteiger partial charge in [-0.15, -0.1) is 0 Å². The molecule has 0 saturated carbocycles. The summed E-state index contributed by atoms with van der Waals surface area (Å²) in [7, 11) is -4.36. The van der Waals surface area contributed by atoms with E-state index in [-0.39, 0.29) is 5.69 Å². The maximum atomic E-state index is 14.0. The van der Waals surface area contributed by atoms with Gasteiger partial charge in [0, 0.05) is 11.3 Å². The quantitative estimate of drug-likeness (QED) is 0.593. The monoisotopic (exact) mass is 353 g/mol. The molecule has 0 aliphatic carbocycles. The Morgan fingerprint density at radius 1 is 1.22 bits per heavy atom. The summed E-state index contributed by atoms with van der Waals surface area (Å²) >= 11 is 0. The predicted molar refractivity (Wildman–Crippen MR) is 78.0 cm³/mol. The second kappa shape index (κ2) is 4.83. The van der Waals surface area contributed by atoms with Crippen LogP contribution in [0.2, 0.25) is 0 Å². The van der Waals surface area contributed by atoms with Crippen LogP contribution in [-0.4, -0.2) is 30.9 Å². The van der Waals surface area contributed by atoms with Crippen molar-refractivity contribution in [2.75, 3.05) is 11.5 Å². The molecule has 0 saturated heterocycles. The fourth-order valence-electron chi connectivity index (χ4n) is 2.28. The molecule has 128 valence electrons. The fraction of sp³-hybridized carbons (Fsp3) is 0.462. The van der Waals surface area contributed by atoms with Crippen LogP contribution in [0.4, 0.5) is 23.2 Å². The summed E-state index contributed by atoms with van der Waals surface area (Å²) in [6.45, 7) is 2.30. The van der Waals surface area contributed by atoms with Crippen LogP contribution < -0.4 is 11.5 Å². The van der Waals surface area contributed by atoms with Crippen molar-refractivity contribution in [1.29, 1.82) is 0 Å². The molecule has 0 unspecified atom stereocenters. The zero-order chi connectivity index (χ0) is 17.8. The Morgan fingerprint density at radius 2 is 1.78 bits per heavy atom. The number of sulfone groups is 1. The molecule has 1 aromatic rings. The molecule has 1 aliphatic rings. The number of rotatable bonds is 1. The van der Waals surface area contributed by atoms with Gasteiger partial charge in [0.05, 0.1) is 5.75 Å². The number of alkyl halides is 3. The van der Waals surface area contributed by atoms with Crippen molar-refractivity contribution in [3.63, 3.8) is 0 Å². The highest BCUT2D eigenvalue weighted by Crippen LogP contribution is 2.48. The number of aliphatic imine (C=N–C) groups is 1. The second-order valence-corrected chi connectivity index (χ2v) is 8.40. The van der Waals surface area contributed by atoms with E-state index in [2.05, 4.69) is 4.99 Å². The number of amidine groups is 1. The van der Waals surface area contributed by atoms with E-state index in [1.54, 1.807) is 0 Å². The van der Waals surface area contributed by atoms with E-state index in [0.29, 0.717) is 0 Å². The molecule has 23 heavy (non-hydrogen) atoms. The zero-order valence-electron chi connectivity index (χ0n) is 12.3. The lowest BCUT2D eigenvalue weighted by Gasteiger charge is -2.40. The number of hydrogen-bond acceptors (Lipinski definition) is 5. The molecule has 0 radical (unpaired) electrons. The normalized spacial score (nSPS) is 26.6. The van der Waals surface area contributed by atoms with Gasteiger partial charge in [-0.2, -0.15) is 13.2 Å². The molecule has 0 bridgehead atoms. The summed E-state index contributed by atoms with van der Waals surface area (Å²) in [4.78, 5) is 3.40. The number of nitrogens with two attached hydrogens (primary N) is 2. The third-order valence-electron chi connectivity index (χ3n) is 4.01. The standard InChI is InChI=1S/C13H15F4N3O2S/c1-11(2)10(19)20-12(13(15,16)17,6-23(11,21)22)8-5-7(18)3-4-9(8)14/h3-5H,6,18H2,1-2H3,(H2,19,20)/t12-/m0/s1. The minimum atomic E-state index is -5.18. The largest absolute Gasteiger partial charge is 0.418 e. The van der Waals surface area contributed by atoms with Crippen LogP contribution in [0.3, 0.4) is 0 Å². The van der Waals surface area contributed by atoms with Gasteiger partial charge >= 0.3 is 6.18 Å². The number of hydrogen-bond donors (Lipinski definition) is 2. The molecule has 1 atom stereocenters. The molecule has 10 heteroatoms. The molecule has 4 N–H and O–H groups in total. The average Bonchev–Trinajstić information content (AvgIpc) is 2.37. The van der Waals surface area contributed by atoms with Crippen LogP contribution in [0.15, 0.2) is 23.2 Å². The van der Waals surface area contributed by atoms with E-state index in [4.69, 9.17) is 11.5 Å². The van der Waals surface area contributed by atoms with Crippen LogP contribution in [0.1, 0.15) is 19.4 Å². The van der Waals surface area contributed by atoms with Crippen LogP contribution in [-0.2, 0) is 15.4 Å². The number of nitrogens with zero attached hydrogens (tertiary/aromatic N) is 1. The molecule has 0 fully saturated rings. The van der Waals surface area contributed by atoms with E-state index in [0.717, 1.165) is 32.0 Å². The maximum absolute atomic E-state index is 14.0. The topological polar surface area (TPSA) is 98.5 Å². The van der Waals surface area contributed by atoms with E-state index in [1.165, 1.54) is 0 Å². The predicted octanol–water partition coefficient (Wildman–Crippen LogP) is 1.73. The molecule has 5 nitrogen and oxygen atoms in total. The first kappa shape index (κ1) is 17.5. The summed E-state index contributed by atoms with van der Waals surface area (Å²) in [5.41, 5.74) is 6.49. The molecule has 1 aliphatic heterocycles. The lowest BCUT2D eigenvalue weighted by Crippen LogP contribution is -2.60. The van der Waals surface area contributed by atoms with Gasteiger partial charge in [0.1, 0.15) is 16.4 Å². The molecule has 0 amide bonds. The first-order valence-electron chi connectivity index (χ1n) is 6.45. The lowest BCUT2D eigenvalue weighted by molar-refractivity contribution is -0.183. The van der Waals surface area contributed by atoms with Crippen LogP contribution in [0.5, 0.6) is 0 Å². The fourth-order valence-corrected chi connectivity index (χ4v) is 3.94. The first-order valence-corrected chi connectivity index (χ1v) is 8.10. The van der Waals surface area contributed by atoms with Crippen molar-refractivity contribution in [1.82, 2.24) is 0 Å². The van der Waals surface area contributed by atoms with Gasteiger partial charge in [0.15, 0.2) is 15.4 Å². The van der Waals surface area contributed by atoms with Crippen molar-refractivity contribution in [3.05, 3.63) is 29.6 Å². The van der Waals surface area contributed by atoms with Gasteiger partial charge in [0.2, 0.25) is 0 Å². The zero-order valence-corrected chi connectivity index (χ0v) is 13.1. The Labute approximate surface area is 130 Å². The lowest BCUT2D eigenvalue weighted by atomic mass is 9.90. The summed E-state index contributed by atoms with van der Waals surface area (Å²) in [6.07, 6.45) is -5.18. The highest BCUT2D eigenvalue weighted by Gasteiger charge is 2.64. The molecular weight excluding hydrogens is 338 g/mol. The number of halogens is 4. The van der Waals surface area contributed by atoms with Gasteiger partial charge < -0.3 is 11.5 Å². The van der Waals surface area contributed by atoms with E-state index >= 15 is 0 Å². The van der Waals surface area contributed by atoms with Gasteiger partial charge in [-0.25, -0.2) is 17.8 Å². The Bertz CT molecular complexity index is 787. The summed E-state index contributed by atoms with van der Waals surface area (Å²) in [5, 5.41) is 0. The van der Waals surface area contributed by atoms with Crippen molar-refractivity contribution >= 4 is 21.4 Å². The highest BCUT2D eigenvalue weighted by atomic mass is 32.2. The van der Waals surface area contributed by atoms with Gasteiger partial charge in [-0.3, -0.25) is 0 Å². The minimum Gasteiger partial charge on any atom is -0.399 e. The van der Waals surface area contributed by atoms with E-state index in [1.807, 2.05) is 0 Å². The second-order valence-electron chi connectivity index (χ2n) is 5.86. The van der Waals surface area contributed by atoms with Gasteiger partial charge in [-0.05, 0) is 32.0 Å². The van der Waals surface area contributed by atoms with Crippen molar-refractivity contribution in [2.24, 2.45) is 10.7 Å². The van der Waals surface area contributed by atoms with E-state index < -0.39 is 49.3 Å². The Morgan fingerprint density at radius 3 is 2.26 bits per heavy atom. The molecule has 2 rings (SSSR count). The summed E-state index contributed by atoms with van der Waals surface area (Å²) in [5.74, 6) is -3.44. The Hall–Kier alpha value is -1.84. The van der Waals surface area contributed by atoms with Crippen molar-refractivity contribution in [2.45, 2.75) is 30.3 Å². The van der Waals surface area contributed by atoms with Crippen molar-refractivity contribution < 1.29 is 26.0 Å². The molecule has 1 aromatic carbocycles. The summed E-state index contributed by atoms with van der Waals surface area (Å²) in [6, 6.07) is 2.53. The van der Waals surface area contributed by atoms with Crippen LogP contribution >= 0.6 is 0 Å². The summed E-state index contributed by atoms with van der Waals surface area (Å²) < 4.78 is 78.1. The third-order valence-corrected chi connectivity index (χ3v) is 6.57. The molecule has 1 heterocycles. The molecule has 0 aromatic heterocycles. The average molecular weight is 353 g/mol. The Balaban J connectivity index is 2.90. The number of anilines is 1. The Kier molecular flexibility index (Phi) is 3.67.